The maximum atomic E-state index is 14.2. The summed E-state index contributed by atoms with van der Waals surface area (Å²) in [6.07, 6.45) is 4.37. The van der Waals surface area contributed by atoms with Crippen LogP contribution in [0.1, 0.15) is 55.7 Å². The molecule has 0 spiro atoms. The summed E-state index contributed by atoms with van der Waals surface area (Å²) in [4.78, 5) is 29.3. The maximum absolute atomic E-state index is 14.2. The molecule has 1 N–H and O–H groups in total. The molecular weight excluding hydrogens is 558 g/mol. The molecule has 2 amide bonds. The largest absolute Gasteiger partial charge is 0.352 e. The Morgan fingerprint density at radius 2 is 1.63 bits per heavy atom. The molecule has 3 aromatic rings. The summed E-state index contributed by atoms with van der Waals surface area (Å²) in [6.45, 7) is 5.20. The molecule has 0 aliphatic heterocycles. The van der Waals surface area contributed by atoms with Gasteiger partial charge in [0.25, 0.3) is 10.0 Å². The van der Waals surface area contributed by atoms with Gasteiger partial charge in [-0.3, -0.25) is 13.9 Å². The molecule has 1 aliphatic carbocycles. The Hall–Kier alpha value is -3.36. The predicted molar refractivity (Wildman–Crippen MR) is 163 cm³/mol. The maximum Gasteiger partial charge on any atom is 0.264 e. The highest BCUT2D eigenvalue weighted by molar-refractivity contribution is 7.92. The molecule has 0 bridgehead atoms. The lowest BCUT2D eigenvalue weighted by atomic mass is 10.1. The minimum Gasteiger partial charge on any atom is -0.352 e. The van der Waals surface area contributed by atoms with Gasteiger partial charge in [0.2, 0.25) is 11.8 Å². The van der Waals surface area contributed by atoms with E-state index in [1.165, 1.54) is 17.0 Å². The second-order valence-corrected chi connectivity index (χ2v) is 13.0. The van der Waals surface area contributed by atoms with Crippen molar-refractivity contribution in [3.05, 3.63) is 94.5 Å². The Morgan fingerprint density at radius 1 is 0.976 bits per heavy atom. The lowest BCUT2D eigenvalue weighted by molar-refractivity contribution is -0.140. The highest BCUT2D eigenvalue weighted by Gasteiger charge is 2.35. The number of amides is 2. The van der Waals surface area contributed by atoms with E-state index in [1.54, 1.807) is 37.3 Å². The van der Waals surface area contributed by atoms with E-state index in [1.807, 2.05) is 44.2 Å². The van der Waals surface area contributed by atoms with Crippen LogP contribution in [0.3, 0.4) is 0 Å². The van der Waals surface area contributed by atoms with Gasteiger partial charge in [-0.15, -0.1) is 0 Å². The molecule has 41 heavy (non-hydrogen) atoms. The van der Waals surface area contributed by atoms with Crippen molar-refractivity contribution in [1.82, 2.24) is 10.2 Å². The normalized spacial score (nSPS) is 14.4. The number of nitrogens with zero attached hydrogens (tertiary/aromatic N) is 2. The third-order valence-electron chi connectivity index (χ3n) is 7.61. The SMILES string of the molecule is CC[C@@H](C(=O)NC1CCCC1)N(Cc1ccccc1)C(=O)CN(c1cc(Cl)ccc1C)S(=O)(=O)c1ccc(C)cc1. The van der Waals surface area contributed by atoms with Crippen molar-refractivity contribution in [1.29, 1.82) is 0 Å². The molecule has 1 atom stereocenters. The van der Waals surface area contributed by atoms with Gasteiger partial charge in [-0.25, -0.2) is 8.42 Å². The zero-order valence-corrected chi connectivity index (χ0v) is 25.4. The number of carbonyl (C=O) groups is 2. The number of carbonyl (C=O) groups excluding carboxylic acids is 2. The number of anilines is 1. The van der Waals surface area contributed by atoms with Gasteiger partial charge in [0, 0.05) is 17.6 Å². The number of sulfonamides is 1. The molecule has 7 nitrogen and oxygen atoms in total. The van der Waals surface area contributed by atoms with Gasteiger partial charge >= 0.3 is 0 Å². The van der Waals surface area contributed by atoms with Crippen LogP contribution >= 0.6 is 11.6 Å². The summed E-state index contributed by atoms with van der Waals surface area (Å²) in [5.41, 5.74) is 2.73. The first-order chi connectivity index (χ1) is 19.6. The monoisotopic (exact) mass is 595 g/mol. The van der Waals surface area contributed by atoms with Gasteiger partial charge in [0.05, 0.1) is 10.6 Å². The Kier molecular flexibility index (Phi) is 10.1. The van der Waals surface area contributed by atoms with Crippen molar-refractivity contribution < 1.29 is 18.0 Å². The number of aryl methyl sites for hydroxylation is 2. The number of benzene rings is 3. The van der Waals surface area contributed by atoms with E-state index in [4.69, 9.17) is 11.6 Å². The second kappa shape index (κ2) is 13.5. The van der Waals surface area contributed by atoms with Crippen LogP contribution < -0.4 is 9.62 Å². The summed E-state index contributed by atoms with van der Waals surface area (Å²) in [5, 5.41) is 3.48. The number of halogens is 1. The third kappa shape index (κ3) is 7.49. The first-order valence-electron chi connectivity index (χ1n) is 14.1. The van der Waals surface area contributed by atoms with Crippen molar-refractivity contribution >= 4 is 39.1 Å². The van der Waals surface area contributed by atoms with Gasteiger partial charge in [-0.2, -0.15) is 0 Å². The summed E-state index contributed by atoms with van der Waals surface area (Å²) >= 11 is 6.31. The first-order valence-corrected chi connectivity index (χ1v) is 15.9. The molecule has 0 heterocycles. The fraction of sp³-hybridized carbons (Fsp3) is 0.375. The topological polar surface area (TPSA) is 86.8 Å². The number of hydrogen-bond acceptors (Lipinski definition) is 4. The molecule has 4 rings (SSSR count). The van der Waals surface area contributed by atoms with E-state index in [-0.39, 0.29) is 23.4 Å². The molecule has 9 heteroatoms. The minimum atomic E-state index is -4.16. The molecule has 1 aliphatic rings. The summed E-state index contributed by atoms with van der Waals surface area (Å²) < 4.78 is 29.2. The lowest BCUT2D eigenvalue weighted by Crippen LogP contribution is -2.53. The van der Waals surface area contributed by atoms with Crippen molar-refractivity contribution in [2.24, 2.45) is 0 Å². The Morgan fingerprint density at radius 3 is 2.27 bits per heavy atom. The molecule has 218 valence electrons. The van der Waals surface area contributed by atoms with Crippen molar-refractivity contribution in [3.63, 3.8) is 0 Å². The third-order valence-corrected chi connectivity index (χ3v) is 9.62. The second-order valence-electron chi connectivity index (χ2n) is 10.7. The van der Waals surface area contributed by atoms with Crippen molar-refractivity contribution in [3.8, 4) is 0 Å². The highest BCUT2D eigenvalue weighted by atomic mass is 35.5. The number of nitrogens with one attached hydrogen (secondary N) is 1. The Bertz CT molecular complexity index is 1460. The smallest absolute Gasteiger partial charge is 0.264 e. The molecule has 0 saturated heterocycles. The van der Waals surface area contributed by atoms with Gasteiger partial charge in [0.15, 0.2) is 0 Å². The van der Waals surface area contributed by atoms with Crippen LogP contribution in [-0.2, 0) is 26.2 Å². The van der Waals surface area contributed by atoms with Crippen molar-refractivity contribution in [2.75, 3.05) is 10.8 Å². The molecule has 1 saturated carbocycles. The first kappa shape index (κ1) is 30.6. The van der Waals surface area contributed by atoms with Crippen LogP contribution in [-0.4, -0.2) is 43.8 Å². The van der Waals surface area contributed by atoms with Crippen LogP contribution in [0.15, 0.2) is 77.7 Å². The lowest BCUT2D eigenvalue weighted by Gasteiger charge is -2.34. The summed E-state index contributed by atoms with van der Waals surface area (Å²) in [5.74, 6) is -0.687. The van der Waals surface area contributed by atoms with Gasteiger partial charge in [-0.05, 0) is 68.5 Å². The standard InChI is InChI=1S/C32H38ClN3O4S/c1-4-29(32(38)34-27-12-8-9-13-27)35(21-25-10-6-5-7-11-25)31(37)22-36(30-20-26(33)17-16-24(30)3)41(39,40)28-18-14-23(2)15-19-28/h5-7,10-11,14-20,27,29H,4,8-9,12-13,21-22H2,1-3H3,(H,34,38)/t29-/m0/s1. The summed E-state index contributed by atoms with van der Waals surface area (Å²) in [6, 6.07) is 20.2. The average Bonchev–Trinajstić information content (AvgIpc) is 3.46. The Balaban J connectivity index is 1.73. The van der Waals surface area contributed by atoms with E-state index in [0.29, 0.717) is 22.7 Å². The minimum absolute atomic E-state index is 0.0657. The van der Waals surface area contributed by atoms with Gasteiger partial charge in [-0.1, -0.05) is 85.5 Å². The molecule has 0 aromatic heterocycles. The van der Waals surface area contributed by atoms with E-state index in [2.05, 4.69) is 5.32 Å². The van der Waals surface area contributed by atoms with Gasteiger partial charge < -0.3 is 10.2 Å². The molecule has 0 unspecified atom stereocenters. The van der Waals surface area contributed by atoms with Crippen LogP contribution in [0, 0.1) is 13.8 Å². The molecule has 0 radical (unpaired) electrons. The Labute approximate surface area is 248 Å². The van der Waals surface area contributed by atoms with Crippen molar-refractivity contribution in [2.45, 2.75) is 76.4 Å². The quantitative estimate of drug-likeness (QED) is 0.294. The van der Waals surface area contributed by atoms with Gasteiger partial charge in [0.1, 0.15) is 12.6 Å². The van der Waals surface area contributed by atoms with E-state index >= 15 is 0 Å². The molecular formula is C32H38ClN3O4S. The zero-order valence-electron chi connectivity index (χ0n) is 23.8. The zero-order chi connectivity index (χ0) is 29.6. The average molecular weight is 596 g/mol. The van der Waals surface area contributed by atoms with Crippen LogP contribution in [0.25, 0.3) is 0 Å². The molecule has 3 aromatic carbocycles. The summed E-state index contributed by atoms with van der Waals surface area (Å²) in [7, 11) is -4.16. The van der Waals surface area contributed by atoms with Crippen LogP contribution in [0.5, 0.6) is 0 Å². The predicted octanol–water partition coefficient (Wildman–Crippen LogP) is 6.02. The fourth-order valence-electron chi connectivity index (χ4n) is 5.27. The fourth-order valence-corrected chi connectivity index (χ4v) is 6.91. The number of rotatable bonds is 11. The van der Waals surface area contributed by atoms with Crippen LogP contribution in [0.4, 0.5) is 5.69 Å². The number of hydrogen-bond donors (Lipinski definition) is 1. The molecule has 1 fully saturated rings. The van der Waals surface area contributed by atoms with Crippen LogP contribution in [0.2, 0.25) is 5.02 Å². The highest BCUT2D eigenvalue weighted by Crippen LogP contribution is 2.30. The van der Waals surface area contributed by atoms with E-state index < -0.39 is 28.5 Å². The van der Waals surface area contributed by atoms with E-state index in [0.717, 1.165) is 41.1 Å². The van der Waals surface area contributed by atoms with E-state index in [9.17, 15) is 18.0 Å².